The standard InChI is InChI=1S/C14H8Cl2N4O/c15-11-5-6-17-14(19-11)20-13(21)10-7-18-12(16)9-4-2-1-3-8(9)10/h1-7H,(H,17,19,20,21). The molecule has 0 unspecified atom stereocenters. The Labute approximate surface area is 130 Å². The zero-order chi connectivity index (χ0) is 14.8. The molecule has 0 atom stereocenters. The number of hydrogen-bond acceptors (Lipinski definition) is 4. The average molecular weight is 319 g/mol. The molecular formula is C14H8Cl2N4O. The number of rotatable bonds is 2. The molecule has 1 N–H and O–H groups in total. The molecule has 7 heteroatoms. The summed E-state index contributed by atoms with van der Waals surface area (Å²) in [7, 11) is 0. The van der Waals surface area contributed by atoms with Gasteiger partial charge in [-0.2, -0.15) is 0 Å². The number of aromatic nitrogens is 3. The van der Waals surface area contributed by atoms with Crippen LogP contribution in [-0.4, -0.2) is 20.9 Å². The van der Waals surface area contributed by atoms with Gasteiger partial charge in [-0.05, 0) is 11.5 Å². The highest BCUT2D eigenvalue weighted by Crippen LogP contribution is 2.24. The summed E-state index contributed by atoms with van der Waals surface area (Å²) in [6, 6.07) is 8.79. The molecule has 2 heterocycles. The van der Waals surface area contributed by atoms with Crippen molar-refractivity contribution in [2.45, 2.75) is 0 Å². The van der Waals surface area contributed by atoms with Crippen LogP contribution in [0.5, 0.6) is 0 Å². The van der Waals surface area contributed by atoms with Crippen LogP contribution in [0.3, 0.4) is 0 Å². The van der Waals surface area contributed by atoms with Crippen molar-refractivity contribution >= 4 is 45.8 Å². The molecule has 5 nitrogen and oxygen atoms in total. The summed E-state index contributed by atoms with van der Waals surface area (Å²) in [6.07, 6.45) is 2.88. The molecule has 2 aromatic heterocycles. The summed E-state index contributed by atoms with van der Waals surface area (Å²) in [5.74, 6) is -0.246. The van der Waals surface area contributed by atoms with E-state index in [1.54, 1.807) is 12.1 Å². The average Bonchev–Trinajstić information content (AvgIpc) is 2.48. The fourth-order valence-electron chi connectivity index (χ4n) is 1.90. The molecule has 3 aromatic rings. The Kier molecular flexibility index (Phi) is 3.68. The van der Waals surface area contributed by atoms with Gasteiger partial charge in [0.2, 0.25) is 5.95 Å². The highest BCUT2D eigenvalue weighted by Gasteiger charge is 2.14. The van der Waals surface area contributed by atoms with E-state index in [4.69, 9.17) is 23.2 Å². The Morgan fingerprint density at radius 2 is 1.81 bits per heavy atom. The molecule has 0 radical (unpaired) electrons. The number of hydrogen-bond donors (Lipinski definition) is 1. The normalized spacial score (nSPS) is 10.6. The predicted octanol–water partition coefficient (Wildman–Crippen LogP) is 3.58. The lowest BCUT2D eigenvalue weighted by molar-refractivity contribution is 0.102. The lowest BCUT2D eigenvalue weighted by Gasteiger charge is -2.07. The first kappa shape index (κ1) is 13.7. The SMILES string of the molecule is O=C(Nc1nccc(Cl)n1)c1cnc(Cl)c2ccccc12. The van der Waals surface area contributed by atoms with Crippen LogP contribution in [0.25, 0.3) is 10.8 Å². The Morgan fingerprint density at radius 3 is 2.57 bits per heavy atom. The molecule has 0 spiro atoms. The maximum absolute atomic E-state index is 12.3. The largest absolute Gasteiger partial charge is 0.290 e. The van der Waals surface area contributed by atoms with Gasteiger partial charge in [0.05, 0.1) is 5.56 Å². The van der Waals surface area contributed by atoms with Crippen molar-refractivity contribution in [3.05, 3.63) is 58.6 Å². The lowest BCUT2D eigenvalue weighted by Crippen LogP contribution is -2.15. The molecule has 0 bridgehead atoms. The Morgan fingerprint density at radius 1 is 1.05 bits per heavy atom. The van der Waals surface area contributed by atoms with Crippen LogP contribution in [0, 0.1) is 0 Å². The molecule has 0 aliphatic carbocycles. The lowest BCUT2D eigenvalue weighted by atomic mass is 10.1. The van der Waals surface area contributed by atoms with Crippen LogP contribution in [0.2, 0.25) is 10.3 Å². The number of fused-ring (bicyclic) bond motifs is 1. The van der Waals surface area contributed by atoms with Crippen molar-refractivity contribution in [1.29, 1.82) is 0 Å². The number of pyridine rings is 1. The van der Waals surface area contributed by atoms with E-state index in [-0.39, 0.29) is 17.0 Å². The number of anilines is 1. The molecule has 3 rings (SSSR count). The number of carbonyl (C=O) groups excluding carboxylic acids is 1. The smallest absolute Gasteiger partial charge is 0.260 e. The van der Waals surface area contributed by atoms with Crippen molar-refractivity contribution in [1.82, 2.24) is 15.0 Å². The quantitative estimate of drug-likeness (QED) is 0.579. The van der Waals surface area contributed by atoms with Crippen LogP contribution >= 0.6 is 23.2 Å². The third-order valence-corrected chi connectivity index (χ3v) is 3.35. The van der Waals surface area contributed by atoms with Crippen molar-refractivity contribution in [2.24, 2.45) is 0 Å². The van der Waals surface area contributed by atoms with Crippen LogP contribution in [-0.2, 0) is 0 Å². The van der Waals surface area contributed by atoms with Crippen molar-refractivity contribution in [3.63, 3.8) is 0 Å². The van der Waals surface area contributed by atoms with Crippen LogP contribution in [0.15, 0.2) is 42.7 Å². The van der Waals surface area contributed by atoms with Gasteiger partial charge in [0, 0.05) is 17.8 Å². The first-order valence-corrected chi connectivity index (χ1v) is 6.74. The number of halogens is 2. The maximum atomic E-state index is 12.3. The molecular weight excluding hydrogens is 311 g/mol. The molecule has 0 saturated carbocycles. The Hall–Kier alpha value is -2.24. The third kappa shape index (κ3) is 2.79. The summed E-state index contributed by atoms with van der Waals surface area (Å²) < 4.78 is 0. The predicted molar refractivity (Wildman–Crippen MR) is 81.7 cm³/mol. The van der Waals surface area contributed by atoms with Gasteiger partial charge < -0.3 is 0 Å². The van der Waals surface area contributed by atoms with Gasteiger partial charge in [0.15, 0.2) is 0 Å². The molecule has 0 fully saturated rings. The van der Waals surface area contributed by atoms with Gasteiger partial charge in [-0.15, -0.1) is 0 Å². The zero-order valence-electron chi connectivity index (χ0n) is 10.5. The van der Waals surface area contributed by atoms with Gasteiger partial charge in [-0.1, -0.05) is 47.5 Å². The van der Waals surface area contributed by atoms with Gasteiger partial charge in [-0.3, -0.25) is 10.1 Å². The van der Waals surface area contributed by atoms with Crippen molar-refractivity contribution in [2.75, 3.05) is 5.32 Å². The van der Waals surface area contributed by atoms with E-state index in [1.807, 2.05) is 12.1 Å². The van der Waals surface area contributed by atoms with Crippen molar-refractivity contribution < 1.29 is 4.79 Å². The van der Waals surface area contributed by atoms with E-state index in [0.29, 0.717) is 21.5 Å². The Balaban J connectivity index is 2.01. The minimum absolute atomic E-state index is 0.131. The molecule has 104 valence electrons. The van der Waals surface area contributed by atoms with E-state index in [2.05, 4.69) is 20.3 Å². The second-order valence-corrected chi connectivity index (χ2v) is 4.91. The van der Waals surface area contributed by atoms with Gasteiger partial charge >= 0.3 is 0 Å². The number of amides is 1. The monoisotopic (exact) mass is 318 g/mol. The second-order valence-electron chi connectivity index (χ2n) is 4.17. The summed E-state index contributed by atoms with van der Waals surface area (Å²) in [5.41, 5.74) is 0.388. The van der Waals surface area contributed by atoms with E-state index in [0.717, 1.165) is 0 Å². The molecule has 0 aliphatic heterocycles. The highest BCUT2D eigenvalue weighted by molar-refractivity contribution is 6.35. The Bertz CT molecular complexity index is 838. The zero-order valence-corrected chi connectivity index (χ0v) is 12.1. The summed E-state index contributed by atoms with van der Waals surface area (Å²) in [5, 5.41) is 4.59. The van der Waals surface area contributed by atoms with Gasteiger partial charge in [0.25, 0.3) is 5.91 Å². The number of benzene rings is 1. The molecule has 1 amide bonds. The summed E-state index contributed by atoms with van der Waals surface area (Å²) in [6.45, 7) is 0. The summed E-state index contributed by atoms with van der Waals surface area (Å²) >= 11 is 11.8. The molecule has 0 saturated heterocycles. The first-order valence-electron chi connectivity index (χ1n) is 5.98. The van der Waals surface area contributed by atoms with Crippen molar-refractivity contribution in [3.8, 4) is 0 Å². The van der Waals surface area contributed by atoms with E-state index >= 15 is 0 Å². The minimum Gasteiger partial charge on any atom is -0.290 e. The van der Waals surface area contributed by atoms with Crippen LogP contribution in [0.1, 0.15) is 10.4 Å². The van der Waals surface area contributed by atoms with Gasteiger partial charge in [0.1, 0.15) is 10.3 Å². The van der Waals surface area contributed by atoms with E-state index < -0.39 is 0 Å². The summed E-state index contributed by atoms with van der Waals surface area (Å²) in [4.78, 5) is 24.2. The van der Waals surface area contributed by atoms with Crippen LogP contribution < -0.4 is 5.32 Å². The van der Waals surface area contributed by atoms with Crippen LogP contribution in [0.4, 0.5) is 5.95 Å². The third-order valence-electron chi connectivity index (χ3n) is 2.84. The van der Waals surface area contributed by atoms with E-state index in [1.165, 1.54) is 18.5 Å². The molecule has 21 heavy (non-hydrogen) atoms. The topological polar surface area (TPSA) is 67.8 Å². The first-order chi connectivity index (χ1) is 10.1. The minimum atomic E-state index is -0.377. The maximum Gasteiger partial charge on any atom is 0.260 e. The number of nitrogens with one attached hydrogen (secondary N) is 1. The fraction of sp³-hybridized carbons (Fsp3) is 0. The fourth-order valence-corrected chi connectivity index (χ4v) is 2.25. The molecule has 0 aliphatic rings. The second kappa shape index (κ2) is 5.63. The molecule has 1 aromatic carbocycles. The number of nitrogens with zero attached hydrogens (tertiary/aromatic N) is 3. The van der Waals surface area contributed by atoms with Gasteiger partial charge in [-0.25, -0.2) is 15.0 Å². The van der Waals surface area contributed by atoms with E-state index in [9.17, 15) is 4.79 Å². The number of carbonyl (C=O) groups is 1. The highest BCUT2D eigenvalue weighted by atomic mass is 35.5.